The Bertz CT molecular complexity index is 1850. The van der Waals surface area contributed by atoms with Crippen molar-refractivity contribution in [3.63, 3.8) is 0 Å². The Morgan fingerprint density at radius 2 is 1.16 bits per heavy atom. The van der Waals surface area contributed by atoms with E-state index < -0.39 is 34.4 Å². The predicted octanol–water partition coefficient (Wildman–Crippen LogP) is 13.1. The van der Waals surface area contributed by atoms with E-state index in [0.29, 0.717) is 34.7 Å². The van der Waals surface area contributed by atoms with Crippen molar-refractivity contribution >= 4 is 22.6 Å². The molecule has 1 atom stereocenters. The molecule has 8 heteroatoms. The van der Waals surface area contributed by atoms with Gasteiger partial charge in [-0.2, -0.15) is 26.3 Å². The Hall–Kier alpha value is -4.46. The molecule has 0 amide bonds. The van der Waals surface area contributed by atoms with Gasteiger partial charge in [-0.1, -0.05) is 94.6 Å². The molecule has 0 bridgehead atoms. The Morgan fingerprint density at radius 1 is 0.680 bits per heavy atom. The smallest absolute Gasteiger partial charge is 0.380 e. The summed E-state index contributed by atoms with van der Waals surface area (Å²) in [6.45, 7) is 21.4. The van der Waals surface area contributed by atoms with E-state index in [9.17, 15) is 0 Å². The molecule has 50 heavy (non-hydrogen) atoms. The molecule has 4 aromatic rings. The number of allylic oxidation sites excluding steroid dienone is 1. The van der Waals surface area contributed by atoms with Gasteiger partial charge in [0.15, 0.2) is 0 Å². The zero-order valence-electron chi connectivity index (χ0n) is 29.8. The topological polar surface area (TPSA) is 24.1 Å². The van der Waals surface area contributed by atoms with Gasteiger partial charge in [-0.25, -0.2) is 0 Å². The van der Waals surface area contributed by atoms with Gasteiger partial charge < -0.3 is 10.6 Å². The molecular weight excluding hydrogens is 646 g/mol. The number of benzene rings is 4. The molecule has 0 fully saturated rings. The van der Waals surface area contributed by atoms with Crippen LogP contribution >= 0.6 is 0 Å². The van der Waals surface area contributed by atoms with E-state index in [4.69, 9.17) is 0 Å². The lowest BCUT2D eigenvalue weighted by molar-refractivity contribution is -0.288. The van der Waals surface area contributed by atoms with Crippen LogP contribution in [0.25, 0.3) is 22.4 Å². The van der Waals surface area contributed by atoms with E-state index in [0.717, 1.165) is 52.9 Å². The SMILES string of the molecule is C=C(Nc1cc(C(c2ccc(C)c(NC(C)(C)CC)c2)(C(F)(F)F)C(F)(F)F)ccc1C)c1cccc(-c2cccc(C(=C)C(C)CC)c2)c1. The molecule has 0 aliphatic heterocycles. The fourth-order valence-corrected chi connectivity index (χ4v) is 5.97. The molecule has 0 radical (unpaired) electrons. The van der Waals surface area contributed by atoms with Crippen molar-refractivity contribution < 1.29 is 26.3 Å². The zero-order chi connectivity index (χ0) is 37.2. The summed E-state index contributed by atoms with van der Waals surface area (Å²) in [7, 11) is 0. The summed E-state index contributed by atoms with van der Waals surface area (Å²) in [5.74, 6) is 0.311. The molecule has 0 aliphatic carbocycles. The summed E-state index contributed by atoms with van der Waals surface area (Å²) in [4.78, 5) is 0. The maximum absolute atomic E-state index is 15.2. The van der Waals surface area contributed by atoms with Crippen molar-refractivity contribution in [2.45, 2.75) is 84.6 Å². The maximum atomic E-state index is 15.2. The summed E-state index contributed by atoms with van der Waals surface area (Å²) in [5.41, 5.74) is -0.645. The second-order valence-electron chi connectivity index (χ2n) is 13.8. The van der Waals surface area contributed by atoms with E-state index >= 15 is 26.3 Å². The summed E-state index contributed by atoms with van der Waals surface area (Å²) in [6.07, 6.45) is -9.91. The minimum Gasteiger partial charge on any atom is -0.380 e. The van der Waals surface area contributed by atoms with Gasteiger partial charge in [-0.3, -0.25) is 0 Å². The van der Waals surface area contributed by atoms with E-state index in [1.165, 1.54) is 12.1 Å². The Kier molecular flexibility index (Phi) is 11.1. The van der Waals surface area contributed by atoms with Gasteiger partial charge in [0.1, 0.15) is 0 Å². The van der Waals surface area contributed by atoms with Crippen molar-refractivity contribution in [3.05, 3.63) is 131 Å². The molecule has 266 valence electrons. The van der Waals surface area contributed by atoms with Gasteiger partial charge in [0.2, 0.25) is 5.41 Å². The van der Waals surface area contributed by atoms with E-state index in [1.807, 2.05) is 57.2 Å². The minimum absolute atomic E-state index is 0.0835. The fourth-order valence-electron chi connectivity index (χ4n) is 5.97. The number of nitrogens with one attached hydrogen (secondary N) is 2. The number of hydrogen-bond acceptors (Lipinski definition) is 2. The molecule has 4 aromatic carbocycles. The van der Waals surface area contributed by atoms with E-state index in [-0.39, 0.29) is 11.4 Å². The molecule has 0 saturated carbocycles. The zero-order valence-corrected chi connectivity index (χ0v) is 29.8. The van der Waals surface area contributed by atoms with Crippen LogP contribution in [0, 0.1) is 19.8 Å². The number of alkyl halides is 6. The molecule has 1 unspecified atom stereocenters. The van der Waals surface area contributed by atoms with Crippen LogP contribution in [0.15, 0.2) is 98.1 Å². The third kappa shape index (κ3) is 7.64. The monoisotopic (exact) mass is 692 g/mol. The predicted molar refractivity (Wildman–Crippen MR) is 196 cm³/mol. The summed E-state index contributed by atoms with van der Waals surface area (Å²) in [6, 6.07) is 21.8. The first-order valence-corrected chi connectivity index (χ1v) is 16.8. The second kappa shape index (κ2) is 14.4. The quantitative estimate of drug-likeness (QED) is 0.144. The van der Waals surface area contributed by atoms with Gasteiger partial charge in [-0.05, 0) is 121 Å². The standard InChI is InChI=1S/C42H46F6N2/c1-10-26(3)29(6)31-14-12-16-33(22-31)34-17-13-15-32(23-34)30(7)49-37-24-35(20-18-27(37)4)40(41(43,44)45,42(46,47)48)36-21-19-28(5)38(25-36)50-39(8,9)11-2/h12-26,49-50H,6-7,10-11H2,1-5,8-9H3. The van der Waals surface area contributed by atoms with Gasteiger partial charge in [-0.15, -0.1) is 0 Å². The van der Waals surface area contributed by atoms with Crippen molar-refractivity contribution in [2.75, 3.05) is 10.6 Å². The third-order valence-corrected chi connectivity index (χ3v) is 9.82. The highest BCUT2D eigenvalue weighted by atomic mass is 19.4. The Balaban J connectivity index is 1.78. The van der Waals surface area contributed by atoms with Gasteiger partial charge in [0.05, 0.1) is 0 Å². The first-order valence-electron chi connectivity index (χ1n) is 16.8. The van der Waals surface area contributed by atoms with Crippen LogP contribution in [0.1, 0.15) is 80.8 Å². The molecule has 0 aliphatic rings. The van der Waals surface area contributed by atoms with Crippen molar-refractivity contribution in [1.29, 1.82) is 0 Å². The highest BCUT2D eigenvalue weighted by Crippen LogP contribution is 2.57. The molecule has 2 nitrogen and oxygen atoms in total. The average molecular weight is 693 g/mol. The third-order valence-electron chi connectivity index (χ3n) is 9.82. The molecule has 0 aromatic heterocycles. The molecule has 0 spiro atoms. The van der Waals surface area contributed by atoms with Crippen molar-refractivity contribution in [2.24, 2.45) is 5.92 Å². The molecule has 0 heterocycles. The largest absolute Gasteiger partial charge is 0.411 e. The highest BCUT2D eigenvalue weighted by molar-refractivity contribution is 5.81. The summed E-state index contributed by atoms with van der Waals surface area (Å²) in [5, 5.41) is 6.16. The van der Waals surface area contributed by atoms with Crippen molar-refractivity contribution in [1.82, 2.24) is 0 Å². The first-order chi connectivity index (χ1) is 23.3. The lowest BCUT2D eigenvalue weighted by atomic mass is 9.72. The summed E-state index contributed by atoms with van der Waals surface area (Å²) >= 11 is 0. The van der Waals surface area contributed by atoms with Crippen LogP contribution < -0.4 is 10.6 Å². The van der Waals surface area contributed by atoms with Crippen LogP contribution in [0.2, 0.25) is 0 Å². The second-order valence-corrected chi connectivity index (χ2v) is 13.8. The maximum Gasteiger partial charge on any atom is 0.411 e. The number of halogens is 6. The van der Waals surface area contributed by atoms with Gasteiger partial charge >= 0.3 is 12.4 Å². The van der Waals surface area contributed by atoms with Crippen LogP contribution in [0.5, 0.6) is 0 Å². The number of rotatable bonds is 12. The van der Waals surface area contributed by atoms with Crippen LogP contribution in [-0.2, 0) is 5.41 Å². The molecule has 2 N–H and O–H groups in total. The molecule has 4 rings (SSSR count). The lowest BCUT2D eigenvalue weighted by Crippen LogP contribution is -2.54. The van der Waals surface area contributed by atoms with E-state index in [2.05, 4.69) is 43.7 Å². The molecular formula is C42H46F6N2. The Labute approximate surface area is 292 Å². The van der Waals surface area contributed by atoms with E-state index in [1.54, 1.807) is 19.9 Å². The van der Waals surface area contributed by atoms with Crippen molar-refractivity contribution in [3.8, 4) is 11.1 Å². The summed E-state index contributed by atoms with van der Waals surface area (Å²) < 4.78 is 91.2. The normalized spacial score (nSPS) is 13.1. The number of aryl methyl sites for hydroxylation is 2. The number of hydrogen-bond donors (Lipinski definition) is 2. The minimum atomic E-state index is -5.73. The lowest BCUT2D eigenvalue weighted by Gasteiger charge is -2.39. The van der Waals surface area contributed by atoms with Crippen LogP contribution in [0.3, 0.4) is 0 Å². The Morgan fingerprint density at radius 3 is 1.66 bits per heavy atom. The number of anilines is 2. The molecule has 0 saturated heterocycles. The fraction of sp³-hybridized carbons (Fsp3) is 0.333. The average Bonchev–Trinajstić information content (AvgIpc) is 3.05. The highest BCUT2D eigenvalue weighted by Gasteiger charge is 2.72. The van der Waals surface area contributed by atoms with Crippen LogP contribution in [-0.4, -0.2) is 17.9 Å². The first kappa shape index (κ1) is 38.3. The van der Waals surface area contributed by atoms with Gasteiger partial charge in [0.25, 0.3) is 0 Å². The van der Waals surface area contributed by atoms with Crippen LogP contribution in [0.4, 0.5) is 37.7 Å². The van der Waals surface area contributed by atoms with Gasteiger partial charge in [0, 0.05) is 22.6 Å².